The van der Waals surface area contributed by atoms with E-state index in [0.717, 1.165) is 25.4 Å². The summed E-state index contributed by atoms with van der Waals surface area (Å²) in [6, 6.07) is 0.434. The molecule has 1 saturated carbocycles. The van der Waals surface area contributed by atoms with Gasteiger partial charge >= 0.3 is 0 Å². The van der Waals surface area contributed by atoms with Crippen molar-refractivity contribution in [3.05, 3.63) is 0 Å². The average Bonchev–Trinajstić information content (AvgIpc) is 3.15. The minimum Gasteiger partial charge on any atom is -0.308 e. The zero-order chi connectivity index (χ0) is 14.1. The molecular formula is C14H28N2O2S. The summed E-state index contributed by atoms with van der Waals surface area (Å²) in [5.41, 5.74) is 0.195. The lowest BCUT2D eigenvalue weighted by Crippen LogP contribution is -2.63. The molecule has 1 N–H and O–H groups in total. The molecule has 2 fully saturated rings. The van der Waals surface area contributed by atoms with Gasteiger partial charge in [-0.2, -0.15) is 0 Å². The lowest BCUT2D eigenvalue weighted by molar-refractivity contribution is 0.0890. The fourth-order valence-electron chi connectivity index (χ4n) is 3.11. The minimum atomic E-state index is -2.86. The zero-order valence-electron chi connectivity index (χ0n) is 12.5. The summed E-state index contributed by atoms with van der Waals surface area (Å²) < 4.78 is 23.7. The maximum atomic E-state index is 11.8. The Kier molecular flexibility index (Phi) is 4.58. The molecule has 0 aromatic heterocycles. The normalized spacial score (nSPS) is 33.5. The molecule has 2 atom stereocenters. The molecule has 0 aromatic rings. The molecule has 1 saturated heterocycles. The van der Waals surface area contributed by atoms with E-state index in [0.29, 0.717) is 24.1 Å². The van der Waals surface area contributed by atoms with Crippen molar-refractivity contribution in [2.45, 2.75) is 51.6 Å². The quantitative estimate of drug-likeness (QED) is 0.800. The Balaban J connectivity index is 1.91. The van der Waals surface area contributed by atoms with E-state index in [4.69, 9.17) is 0 Å². The summed E-state index contributed by atoms with van der Waals surface area (Å²) in [5, 5.41) is 3.67. The zero-order valence-corrected chi connectivity index (χ0v) is 13.3. The van der Waals surface area contributed by atoms with Crippen LogP contribution in [0.4, 0.5) is 0 Å². The second-order valence-electron chi connectivity index (χ2n) is 6.54. The molecule has 112 valence electrons. The molecule has 1 aliphatic heterocycles. The van der Waals surface area contributed by atoms with E-state index in [1.807, 2.05) is 6.92 Å². The van der Waals surface area contributed by atoms with Crippen molar-refractivity contribution in [3.63, 3.8) is 0 Å². The maximum absolute atomic E-state index is 11.8. The van der Waals surface area contributed by atoms with E-state index in [1.165, 1.54) is 12.8 Å². The SMILES string of the molecule is CCCS(=O)(=O)CCN1CC(C)(C2CC2)NCC1C. The Hall–Kier alpha value is -0.130. The van der Waals surface area contributed by atoms with Gasteiger partial charge in [0, 0.05) is 37.0 Å². The summed E-state index contributed by atoms with van der Waals surface area (Å²) in [6.45, 7) is 9.06. The Bertz CT molecular complexity index is 406. The lowest BCUT2D eigenvalue weighted by Gasteiger charge is -2.45. The molecule has 0 bridgehead atoms. The molecule has 19 heavy (non-hydrogen) atoms. The summed E-state index contributed by atoms with van der Waals surface area (Å²) >= 11 is 0. The molecule has 5 heteroatoms. The highest BCUT2D eigenvalue weighted by atomic mass is 32.2. The van der Waals surface area contributed by atoms with Crippen LogP contribution in [0.25, 0.3) is 0 Å². The predicted molar refractivity (Wildman–Crippen MR) is 79.1 cm³/mol. The number of nitrogens with one attached hydrogen (secondary N) is 1. The first-order chi connectivity index (χ1) is 8.86. The molecule has 0 amide bonds. The van der Waals surface area contributed by atoms with E-state index < -0.39 is 9.84 Å². The molecule has 0 spiro atoms. The van der Waals surface area contributed by atoms with Gasteiger partial charge in [-0.25, -0.2) is 8.42 Å². The topological polar surface area (TPSA) is 49.4 Å². The van der Waals surface area contributed by atoms with Crippen LogP contribution in [-0.2, 0) is 9.84 Å². The third-order valence-corrected chi connectivity index (χ3v) is 6.47. The Morgan fingerprint density at radius 1 is 1.32 bits per heavy atom. The van der Waals surface area contributed by atoms with Gasteiger partial charge < -0.3 is 5.32 Å². The van der Waals surface area contributed by atoms with Crippen LogP contribution >= 0.6 is 0 Å². The van der Waals surface area contributed by atoms with Crippen molar-refractivity contribution >= 4 is 9.84 Å². The van der Waals surface area contributed by atoms with Crippen molar-refractivity contribution in [1.82, 2.24) is 10.2 Å². The van der Waals surface area contributed by atoms with Crippen LogP contribution < -0.4 is 5.32 Å². The van der Waals surface area contributed by atoms with Crippen LogP contribution in [0, 0.1) is 5.92 Å². The fraction of sp³-hybridized carbons (Fsp3) is 1.00. The van der Waals surface area contributed by atoms with E-state index in [-0.39, 0.29) is 5.54 Å². The van der Waals surface area contributed by atoms with Crippen LogP contribution in [0.5, 0.6) is 0 Å². The molecular weight excluding hydrogens is 260 g/mol. The summed E-state index contributed by atoms with van der Waals surface area (Å²) in [6.07, 6.45) is 3.36. The Morgan fingerprint density at radius 3 is 2.58 bits per heavy atom. The monoisotopic (exact) mass is 288 g/mol. The highest BCUT2D eigenvalue weighted by Crippen LogP contribution is 2.41. The van der Waals surface area contributed by atoms with Crippen LogP contribution in [-0.4, -0.2) is 56.0 Å². The standard InChI is InChI=1S/C14H28N2O2S/c1-4-8-19(17,18)9-7-16-11-14(3,13-5-6-13)15-10-12(16)2/h12-13,15H,4-11H2,1-3H3. The van der Waals surface area contributed by atoms with Crippen molar-refractivity contribution in [3.8, 4) is 0 Å². The van der Waals surface area contributed by atoms with Crippen molar-refractivity contribution in [2.75, 3.05) is 31.1 Å². The van der Waals surface area contributed by atoms with E-state index >= 15 is 0 Å². The first-order valence-corrected chi connectivity index (χ1v) is 9.38. The summed E-state index contributed by atoms with van der Waals surface area (Å²) in [4.78, 5) is 2.36. The van der Waals surface area contributed by atoms with E-state index in [2.05, 4.69) is 24.1 Å². The van der Waals surface area contributed by atoms with Gasteiger partial charge in [0.15, 0.2) is 9.84 Å². The highest BCUT2D eigenvalue weighted by molar-refractivity contribution is 7.91. The van der Waals surface area contributed by atoms with Gasteiger partial charge in [0.05, 0.1) is 5.75 Å². The van der Waals surface area contributed by atoms with Gasteiger partial charge in [0.25, 0.3) is 0 Å². The molecule has 4 nitrogen and oxygen atoms in total. The van der Waals surface area contributed by atoms with Gasteiger partial charge in [0.1, 0.15) is 0 Å². The minimum absolute atomic E-state index is 0.195. The predicted octanol–water partition coefficient (Wildman–Crippen LogP) is 1.27. The largest absolute Gasteiger partial charge is 0.308 e. The second kappa shape index (κ2) is 5.70. The molecule has 2 aliphatic rings. The fourth-order valence-corrected chi connectivity index (χ4v) is 4.45. The van der Waals surface area contributed by atoms with Gasteiger partial charge in [-0.15, -0.1) is 0 Å². The smallest absolute Gasteiger partial charge is 0.151 e. The first kappa shape index (κ1) is 15.3. The Labute approximate surface area is 117 Å². The van der Waals surface area contributed by atoms with Crippen LogP contribution in [0.2, 0.25) is 0 Å². The number of sulfone groups is 1. The van der Waals surface area contributed by atoms with Gasteiger partial charge in [0.2, 0.25) is 0 Å². The number of piperazine rings is 1. The number of nitrogens with zero attached hydrogens (tertiary/aromatic N) is 1. The lowest BCUT2D eigenvalue weighted by atomic mass is 9.91. The molecule has 2 unspecified atom stereocenters. The molecule has 1 heterocycles. The van der Waals surface area contributed by atoms with Crippen molar-refractivity contribution < 1.29 is 8.42 Å². The maximum Gasteiger partial charge on any atom is 0.151 e. The molecule has 1 aliphatic carbocycles. The van der Waals surface area contributed by atoms with Gasteiger partial charge in [-0.05, 0) is 39.0 Å². The van der Waals surface area contributed by atoms with E-state index in [9.17, 15) is 8.42 Å². The van der Waals surface area contributed by atoms with Crippen molar-refractivity contribution in [1.29, 1.82) is 0 Å². The molecule has 2 rings (SSSR count). The average molecular weight is 288 g/mol. The van der Waals surface area contributed by atoms with Crippen LogP contribution in [0.3, 0.4) is 0 Å². The number of hydrogen-bond acceptors (Lipinski definition) is 4. The molecule has 0 radical (unpaired) electrons. The van der Waals surface area contributed by atoms with Gasteiger partial charge in [-0.1, -0.05) is 6.92 Å². The third-order valence-electron chi connectivity index (χ3n) is 4.64. The van der Waals surface area contributed by atoms with E-state index in [1.54, 1.807) is 0 Å². The van der Waals surface area contributed by atoms with Crippen LogP contribution in [0.1, 0.15) is 40.0 Å². The summed E-state index contributed by atoms with van der Waals surface area (Å²) in [5.74, 6) is 1.42. The van der Waals surface area contributed by atoms with Crippen molar-refractivity contribution in [2.24, 2.45) is 5.92 Å². The number of rotatable bonds is 6. The van der Waals surface area contributed by atoms with Gasteiger partial charge in [-0.3, -0.25) is 4.90 Å². The first-order valence-electron chi connectivity index (χ1n) is 7.56. The molecule has 0 aromatic carbocycles. The third kappa shape index (κ3) is 3.92. The Morgan fingerprint density at radius 2 is 2.00 bits per heavy atom. The number of hydrogen-bond donors (Lipinski definition) is 1. The summed E-state index contributed by atoms with van der Waals surface area (Å²) in [7, 11) is -2.86. The highest BCUT2D eigenvalue weighted by Gasteiger charge is 2.45. The second-order valence-corrected chi connectivity index (χ2v) is 8.85. The van der Waals surface area contributed by atoms with Crippen LogP contribution in [0.15, 0.2) is 0 Å².